The summed E-state index contributed by atoms with van der Waals surface area (Å²) in [5.41, 5.74) is 1.57. The van der Waals surface area contributed by atoms with Gasteiger partial charge in [-0.1, -0.05) is 47.6 Å². The number of carbonyl (C=O) groups is 1. The molecule has 4 rings (SSSR count). The fourth-order valence-corrected chi connectivity index (χ4v) is 4.09. The summed E-state index contributed by atoms with van der Waals surface area (Å²) in [5, 5.41) is 5.04. The van der Waals surface area contributed by atoms with Gasteiger partial charge in [0.2, 0.25) is 0 Å². The number of esters is 1. The van der Waals surface area contributed by atoms with E-state index in [-0.39, 0.29) is 17.3 Å². The van der Waals surface area contributed by atoms with Gasteiger partial charge >= 0.3 is 5.97 Å². The summed E-state index contributed by atoms with van der Waals surface area (Å²) in [5.74, 6) is 0.450. The van der Waals surface area contributed by atoms with E-state index in [1.165, 1.54) is 11.8 Å². The Kier molecular flexibility index (Phi) is 4.70. The molecule has 0 aliphatic carbocycles. The Balaban J connectivity index is 1.71. The number of thioether (sulfide) groups is 1. The SMILES string of the molecule is CC1CC(Sc2nc(Nc3ccccc3Cl)c3ccccc3n2)C(=O)O1. The molecule has 132 valence electrons. The Morgan fingerprint density at radius 2 is 1.92 bits per heavy atom. The van der Waals surface area contributed by atoms with E-state index in [2.05, 4.69) is 15.3 Å². The molecule has 1 fully saturated rings. The van der Waals surface area contributed by atoms with Crippen molar-refractivity contribution in [2.45, 2.75) is 29.9 Å². The zero-order valence-corrected chi connectivity index (χ0v) is 15.6. The van der Waals surface area contributed by atoms with Gasteiger partial charge in [0.1, 0.15) is 17.2 Å². The maximum Gasteiger partial charge on any atom is 0.319 e. The number of cyclic esters (lactones) is 1. The highest BCUT2D eigenvalue weighted by Gasteiger charge is 2.33. The Hall–Kier alpha value is -2.31. The van der Waals surface area contributed by atoms with Crippen LogP contribution in [0, 0.1) is 0 Å². The lowest BCUT2D eigenvalue weighted by molar-refractivity contribution is -0.140. The van der Waals surface area contributed by atoms with Gasteiger partial charge in [0.25, 0.3) is 0 Å². The first kappa shape index (κ1) is 17.1. The highest BCUT2D eigenvalue weighted by atomic mass is 35.5. The molecule has 1 N–H and O–H groups in total. The van der Waals surface area contributed by atoms with Crippen molar-refractivity contribution in [1.82, 2.24) is 9.97 Å². The highest BCUT2D eigenvalue weighted by Crippen LogP contribution is 2.34. The van der Waals surface area contributed by atoms with Crippen LogP contribution in [0.5, 0.6) is 0 Å². The summed E-state index contributed by atoms with van der Waals surface area (Å²) < 4.78 is 5.23. The molecule has 2 aromatic carbocycles. The van der Waals surface area contributed by atoms with Crippen molar-refractivity contribution < 1.29 is 9.53 Å². The lowest BCUT2D eigenvalue weighted by atomic mass is 10.2. The number of nitrogens with zero attached hydrogens (tertiary/aromatic N) is 2. The van der Waals surface area contributed by atoms with E-state index < -0.39 is 0 Å². The number of anilines is 2. The maximum absolute atomic E-state index is 11.9. The van der Waals surface area contributed by atoms with Gasteiger partial charge in [-0.15, -0.1) is 0 Å². The molecule has 1 aromatic heterocycles. The van der Waals surface area contributed by atoms with E-state index in [1.54, 1.807) is 0 Å². The Morgan fingerprint density at radius 3 is 2.69 bits per heavy atom. The molecular weight excluding hydrogens is 370 g/mol. The number of hydrogen-bond donors (Lipinski definition) is 1. The first-order valence-electron chi connectivity index (χ1n) is 8.25. The van der Waals surface area contributed by atoms with Crippen LogP contribution < -0.4 is 5.32 Å². The first-order valence-corrected chi connectivity index (χ1v) is 9.51. The zero-order chi connectivity index (χ0) is 18.1. The van der Waals surface area contributed by atoms with Crippen molar-refractivity contribution in [1.29, 1.82) is 0 Å². The molecule has 1 aliphatic rings. The van der Waals surface area contributed by atoms with Crippen LogP contribution in [0.15, 0.2) is 53.7 Å². The van der Waals surface area contributed by atoms with E-state index in [0.717, 1.165) is 16.6 Å². The van der Waals surface area contributed by atoms with Gasteiger partial charge in [0.15, 0.2) is 5.16 Å². The van der Waals surface area contributed by atoms with Crippen LogP contribution in [-0.2, 0) is 9.53 Å². The van der Waals surface area contributed by atoms with Crippen LogP contribution in [0.25, 0.3) is 10.9 Å². The molecule has 2 heterocycles. The molecule has 1 saturated heterocycles. The van der Waals surface area contributed by atoms with Gasteiger partial charge in [0, 0.05) is 11.8 Å². The molecule has 3 aromatic rings. The van der Waals surface area contributed by atoms with Crippen LogP contribution in [0.1, 0.15) is 13.3 Å². The molecule has 0 radical (unpaired) electrons. The van der Waals surface area contributed by atoms with Gasteiger partial charge in [-0.3, -0.25) is 4.79 Å². The van der Waals surface area contributed by atoms with Crippen LogP contribution in [0.3, 0.4) is 0 Å². The monoisotopic (exact) mass is 385 g/mol. The molecule has 0 saturated carbocycles. The van der Waals surface area contributed by atoms with Gasteiger partial charge in [-0.05, 0) is 31.2 Å². The Morgan fingerprint density at radius 1 is 1.15 bits per heavy atom. The molecule has 0 bridgehead atoms. The lowest BCUT2D eigenvalue weighted by Gasteiger charge is -2.12. The number of ether oxygens (including phenoxy) is 1. The van der Waals surface area contributed by atoms with Crippen molar-refractivity contribution in [2.75, 3.05) is 5.32 Å². The highest BCUT2D eigenvalue weighted by molar-refractivity contribution is 8.00. The number of fused-ring (bicyclic) bond motifs is 1. The number of carbonyl (C=O) groups excluding carboxylic acids is 1. The number of nitrogens with one attached hydrogen (secondary N) is 1. The minimum Gasteiger partial charge on any atom is -0.462 e. The third-order valence-corrected chi connectivity index (χ3v) is 5.48. The molecule has 2 unspecified atom stereocenters. The van der Waals surface area contributed by atoms with E-state index in [1.807, 2.05) is 55.5 Å². The predicted molar refractivity (Wildman–Crippen MR) is 104 cm³/mol. The van der Waals surface area contributed by atoms with E-state index >= 15 is 0 Å². The largest absolute Gasteiger partial charge is 0.462 e. The maximum atomic E-state index is 11.9. The third-order valence-electron chi connectivity index (χ3n) is 4.08. The van der Waals surface area contributed by atoms with Gasteiger partial charge in [0.05, 0.1) is 16.2 Å². The standard InChI is InChI=1S/C19H16ClN3O2S/c1-11-10-16(18(24)25-11)26-19-22-14-8-4-2-6-12(14)17(23-19)21-15-9-5-3-7-13(15)20/h2-9,11,16H,10H2,1H3,(H,21,22,23). The van der Waals surface area contributed by atoms with Crippen LogP contribution in [0.4, 0.5) is 11.5 Å². The van der Waals surface area contributed by atoms with Crippen molar-refractivity contribution in [3.05, 3.63) is 53.6 Å². The van der Waals surface area contributed by atoms with E-state index in [4.69, 9.17) is 16.3 Å². The molecule has 2 atom stereocenters. The second-order valence-electron chi connectivity index (χ2n) is 6.07. The third kappa shape index (κ3) is 3.48. The molecule has 7 heteroatoms. The zero-order valence-electron chi connectivity index (χ0n) is 14.0. The topological polar surface area (TPSA) is 64.1 Å². The molecule has 0 spiro atoms. The molecule has 5 nitrogen and oxygen atoms in total. The second-order valence-corrected chi connectivity index (χ2v) is 7.64. The molecule has 0 amide bonds. The van der Waals surface area contributed by atoms with E-state index in [0.29, 0.717) is 22.4 Å². The summed E-state index contributed by atoms with van der Waals surface area (Å²) in [6.07, 6.45) is 0.591. The van der Waals surface area contributed by atoms with Crippen LogP contribution >= 0.6 is 23.4 Å². The number of rotatable bonds is 4. The van der Waals surface area contributed by atoms with Crippen molar-refractivity contribution in [3.8, 4) is 0 Å². The normalized spacial score (nSPS) is 19.5. The number of halogens is 1. The summed E-state index contributed by atoms with van der Waals surface area (Å²) in [4.78, 5) is 21.2. The fraction of sp³-hybridized carbons (Fsp3) is 0.211. The van der Waals surface area contributed by atoms with Gasteiger partial charge in [-0.25, -0.2) is 9.97 Å². The first-order chi connectivity index (χ1) is 12.6. The van der Waals surface area contributed by atoms with E-state index in [9.17, 15) is 4.79 Å². The number of benzene rings is 2. The molecule has 26 heavy (non-hydrogen) atoms. The summed E-state index contributed by atoms with van der Waals surface area (Å²) in [6.45, 7) is 1.89. The van der Waals surface area contributed by atoms with Crippen molar-refractivity contribution >= 4 is 51.7 Å². The fourth-order valence-electron chi connectivity index (χ4n) is 2.84. The summed E-state index contributed by atoms with van der Waals surface area (Å²) in [7, 11) is 0. The number of hydrogen-bond acceptors (Lipinski definition) is 6. The predicted octanol–water partition coefficient (Wildman–Crippen LogP) is 4.82. The number of para-hydroxylation sites is 2. The average Bonchev–Trinajstić information content (AvgIpc) is 2.94. The minimum absolute atomic E-state index is 0.0684. The van der Waals surface area contributed by atoms with Gasteiger partial charge < -0.3 is 10.1 Å². The lowest BCUT2D eigenvalue weighted by Crippen LogP contribution is -2.10. The van der Waals surface area contributed by atoms with Crippen molar-refractivity contribution in [3.63, 3.8) is 0 Å². The van der Waals surface area contributed by atoms with Crippen molar-refractivity contribution in [2.24, 2.45) is 0 Å². The number of aromatic nitrogens is 2. The summed E-state index contributed by atoms with van der Waals surface area (Å²) >= 11 is 7.60. The van der Waals surface area contributed by atoms with Crippen LogP contribution in [-0.4, -0.2) is 27.3 Å². The Bertz CT molecular complexity index is 982. The van der Waals surface area contributed by atoms with Gasteiger partial charge in [-0.2, -0.15) is 0 Å². The smallest absolute Gasteiger partial charge is 0.319 e. The molecular formula is C19H16ClN3O2S. The summed E-state index contributed by atoms with van der Waals surface area (Å²) in [6, 6.07) is 15.2. The second kappa shape index (κ2) is 7.13. The molecule has 1 aliphatic heterocycles. The Labute approximate surface area is 160 Å². The average molecular weight is 386 g/mol. The quantitative estimate of drug-likeness (QED) is 0.513. The van der Waals surface area contributed by atoms with Crippen LogP contribution in [0.2, 0.25) is 5.02 Å². The minimum atomic E-state index is -0.278.